The third-order valence-electron chi connectivity index (χ3n) is 3.20. The van der Waals surface area contributed by atoms with Crippen LogP contribution in [0, 0.1) is 11.3 Å². The molecule has 2 rings (SSSR count). The van der Waals surface area contributed by atoms with E-state index in [0.29, 0.717) is 6.42 Å². The lowest BCUT2D eigenvalue weighted by molar-refractivity contribution is -0.140. The first-order chi connectivity index (χ1) is 5.17. The first-order valence-electron chi connectivity index (χ1n) is 4.08. The van der Waals surface area contributed by atoms with Crippen molar-refractivity contribution in [3.8, 4) is 0 Å². The quantitative estimate of drug-likeness (QED) is 0.585. The van der Waals surface area contributed by atoms with E-state index in [1.807, 2.05) is 0 Å². The molecule has 2 aliphatic carbocycles. The smallest absolute Gasteiger partial charge is 0.307 e. The number of carbonyl (C=O) groups is 1. The maximum atomic E-state index is 10.6. The van der Waals surface area contributed by atoms with E-state index in [2.05, 4.69) is 0 Å². The topological polar surface area (TPSA) is 57.5 Å². The van der Waals surface area contributed by atoms with E-state index in [4.69, 9.17) is 5.11 Å². The van der Waals surface area contributed by atoms with Gasteiger partial charge >= 0.3 is 5.97 Å². The monoisotopic (exact) mass is 156 g/mol. The summed E-state index contributed by atoms with van der Waals surface area (Å²) >= 11 is 0. The van der Waals surface area contributed by atoms with Gasteiger partial charge in [-0.15, -0.1) is 0 Å². The molecule has 3 atom stereocenters. The second-order valence-corrected chi connectivity index (χ2v) is 3.74. The molecule has 2 saturated carbocycles. The molecule has 0 radical (unpaired) electrons. The van der Waals surface area contributed by atoms with Crippen LogP contribution in [0.25, 0.3) is 0 Å². The minimum absolute atomic E-state index is 0.203. The van der Waals surface area contributed by atoms with Gasteiger partial charge in [0.25, 0.3) is 0 Å². The summed E-state index contributed by atoms with van der Waals surface area (Å²) in [5, 5.41) is 18.2. The van der Waals surface area contributed by atoms with Crippen LogP contribution in [0.5, 0.6) is 0 Å². The Labute approximate surface area is 65.0 Å². The van der Waals surface area contributed by atoms with Gasteiger partial charge in [0.1, 0.15) is 0 Å². The van der Waals surface area contributed by atoms with Crippen LogP contribution < -0.4 is 0 Å². The van der Waals surface area contributed by atoms with Gasteiger partial charge in [-0.1, -0.05) is 6.42 Å². The maximum Gasteiger partial charge on any atom is 0.307 e. The minimum Gasteiger partial charge on any atom is -0.481 e. The maximum absolute atomic E-state index is 10.6. The molecule has 0 aromatic rings. The molecule has 3 heteroatoms. The van der Waals surface area contributed by atoms with Gasteiger partial charge in [0.05, 0.1) is 12.0 Å². The molecule has 0 heterocycles. The third-order valence-corrected chi connectivity index (χ3v) is 3.20. The van der Waals surface area contributed by atoms with Crippen molar-refractivity contribution in [2.24, 2.45) is 11.3 Å². The summed E-state index contributed by atoms with van der Waals surface area (Å²) in [5.41, 5.74) is -0.203. The first-order valence-corrected chi connectivity index (χ1v) is 4.08. The Balaban J connectivity index is 2.10. The largest absolute Gasteiger partial charge is 0.481 e. The van der Waals surface area contributed by atoms with E-state index in [-0.39, 0.29) is 17.4 Å². The van der Waals surface area contributed by atoms with Crippen LogP contribution in [-0.4, -0.2) is 22.3 Å². The first kappa shape index (κ1) is 7.10. The predicted octanol–water partition coefficient (Wildman–Crippen LogP) is 0.622. The predicted molar refractivity (Wildman–Crippen MR) is 38.0 cm³/mol. The molecule has 3 nitrogen and oxygen atoms in total. The molecule has 62 valence electrons. The molecule has 1 spiro atoms. The molecule has 2 fully saturated rings. The number of rotatable bonds is 1. The number of carboxylic acid groups (broad SMARTS) is 1. The van der Waals surface area contributed by atoms with Crippen molar-refractivity contribution in [1.29, 1.82) is 0 Å². The van der Waals surface area contributed by atoms with E-state index >= 15 is 0 Å². The number of hydrogen-bond donors (Lipinski definition) is 2. The minimum atomic E-state index is -0.731. The standard InChI is InChI=1S/C8H12O3/c9-6-2-1-3-8(6)4-5(8)7(10)11/h5-6,9H,1-4H2,(H,10,11). The van der Waals surface area contributed by atoms with Crippen LogP contribution in [-0.2, 0) is 4.79 Å². The number of aliphatic hydroxyl groups excluding tert-OH is 1. The summed E-state index contributed by atoms with van der Waals surface area (Å²) < 4.78 is 0. The number of hydrogen-bond acceptors (Lipinski definition) is 2. The molecule has 0 bridgehead atoms. The van der Waals surface area contributed by atoms with Crippen LogP contribution in [0.2, 0.25) is 0 Å². The zero-order chi connectivity index (χ0) is 8.06. The van der Waals surface area contributed by atoms with Gasteiger partial charge in [0.2, 0.25) is 0 Å². The summed E-state index contributed by atoms with van der Waals surface area (Å²) in [7, 11) is 0. The van der Waals surface area contributed by atoms with Crippen molar-refractivity contribution in [2.75, 3.05) is 0 Å². The zero-order valence-corrected chi connectivity index (χ0v) is 6.29. The lowest BCUT2D eigenvalue weighted by Crippen LogP contribution is -2.19. The zero-order valence-electron chi connectivity index (χ0n) is 6.29. The van der Waals surface area contributed by atoms with E-state index in [0.717, 1.165) is 19.3 Å². The van der Waals surface area contributed by atoms with Gasteiger partial charge < -0.3 is 10.2 Å². The molecule has 11 heavy (non-hydrogen) atoms. The fourth-order valence-electron chi connectivity index (χ4n) is 2.38. The van der Waals surface area contributed by atoms with Crippen molar-refractivity contribution in [2.45, 2.75) is 31.8 Å². The van der Waals surface area contributed by atoms with E-state index in [9.17, 15) is 9.90 Å². The van der Waals surface area contributed by atoms with E-state index in [1.54, 1.807) is 0 Å². The van der Waals surface area contributed by atoms with Crippen molar-refractivity contribution in [3.63, 3.8) is 0 Å². The van der Waals surface area contributed by atoms with Crippen molar-refractivity contribution < 1.29 is 15.0 Å². The van der Waals surface area contributed by atoms with Crippen LogP contribution in [0.1, 0.15) is 25.7 Å². The fraction of sp³-hybridized carbons (Fsp3) is 0.875. The molecule has 0 aromatic heterocycles. The van der Waals surface area contributed by atoms with Crippen LogP contribution >= 0.6 is 0 Å². The Morgan fingerprint density at radius 2 is 2.27 bits per heavy atom. The second-order valence-electron chi connectivity index (χ2n) is 3.74. The molecule has 2 aliphatic rings. The SMILES string of the molecule is O=C(O)C1CC12CCCC2O. The second kappa shape index (κ2) is 1.97. The Bertz CT molecular complexity index is 202. The highest BCUT2D eigenvalue weighted by Gasteiger charge is 2.63. The van der Waals surface area contributed by atoms with Crippen LogP contribution in [0.3, 0.4) is 0 Å². The molecule has 0 aliphatic heterocycles. The molecule has 0 saturated heterocycles. The highest BCUT2D eigenvalue weighted by molar-refractivity contribution is 5.75. The molecule has 0 aromatic carbocycles. The summed E-state index contributed by atoms with van der Waals surface area (Å²) in [4.78, 5) is 10.6. The normalized spacial score (nSPS) is 48.1. The van der Waals surface area contributed by atoms with Gasteiger partial charge in [0.15, 0.2) is 0 Å². The Hall–Kier alpha value is -0.570. The van der Waals surface area contributed by atoms with Crippen LogP contribution in [0.15, 0.2) is 0 Å². The summed E-state index contributed by atoms with van der Waals surface area (Å²) in [6, 6.07) is 0. The molecule has 2 N–H and O–H groups in total. The van der Waals surface area contributed by atoms with Crippen molar-refractivity contribution in [3.05, 3.63) is 0 Å². The van der Waals surface area contributed by atoms with Crippen LogP contribution in [0.4, 0.5) is 0 Å². The highest BCUT2D eigenvalue weighted by atomic mass is 16.4. The number of aliphatic hydroxyl groups is 1. The fourth-order valence-corrected chi connectivity index (χ4v) is 2.38. The van der Waals surface area contributed by atoms with Gasteiger partial charge in [-0.3, -0.25) is 4.79 Å². The lowest BCUT2D eigenvalue weighted by Gasteiger charge is -2.11. The molecule has 0 amide bonds. The Morgan fingerprint density at radius 3 is 2.64 bits per heavy atom. The number of aliphatic carboxylic acids is 1. The average Bonchev–Trinajstić information content (AvgIpc) is 2.54. The molecule has 3 unspecified atom stereocenters. The average molecular weight is 156 g/mol. The van der Waals surface area contributed by atoms with E-state index in [1.165, 1.54) is 0 Å². The number of carboxylic acids is 1. The Kier molecular flexibility index (Phi) is 1.27. The summed E-state index contributed by atoms with van der Waals surface area (Å²) in [6.45, 7) is 0. The van der Waals surface area contributed by atoms with Gasteiger partial charge in [0, 0.05) is 5.41 Å². The van der Waals surface area contributed by atoms with Gasteiger partial charge in [-0.2, -0.15) is 0 Å². The van der Waals surface area contributed by atoms with E-state index < -0.39 is 5.97 Å². The summed E-state index contributed by atoms with van der Waals surface area (Å²) in [5.74, 6) is -0.981. The van der Waals surface area contributed by atoms with Gasteiger partial charge in [-0.25, -0.2) is 0 Å². The lowest BCUT2D eigenvalue weighted by atomic mass is 10.00. The van der Waals surface area contributed by atoms with Crippen molar-refractivity contribution in [1.82, 2.24) is 0 Å². The van der Waals surface area contributed by atoms with Gasteiger partial charge in [-0.05, 0) is 19.3 Å². The molecular formula is C8H12O3. The summed E-state index contributed by atoms with van der Waals surface area (Å²) in [6.07, 6.45) is 3.05. The molecular weight excluding hydrogens is 144 g/mol. The highest BCUT2D eigenvalue weighted by Crippen LogP contribution is 2.62. The van der Waals surface area contributed by atoms with Crippen molar-refractivity contribution >= 4 is 5.97 Å². The third kappa shape index (κ3) is 0.805. The Morgan fingerprint density at radius 1 is 1.55 bits per heavy atom.